The van der Waals surface area contributed by atoms with Crippen LogP contribution in [0.25, 0.3) is 0 Å². The van der Waals surface area contributed by atoms with Crippen LogP contribution in [0.2, 0.25) is 5.02 Å². The molecule has 1 aromatic carbocycles. The van der Waals surface area contributed by atoms with Crippen LogP contribution < -0.4 is 20.7 Å². The van der Waals surface area contributed by atoms with Gasteiger partial charge in [-0.3, -0.25) is 24.0 Å². The lowest BCUT2D eigenvalue weighted by Crippen LogP contribution is -2.59. The second-order valence-electron chi connectivity index (χ2n) is 16.0. The number of methoxy groups -OCH3 is 1. The zero-order valence-corrected chi connectivity index (χ0v) is 31.6. The van der Waals surface area contributed by atoms with E-state index in [9.17, 15) is 24.0 Å². The van der Waals surface area contributed by atoms with Crippen LogP contribution in [0.5, 0.6) is 5.75 Å². The average molecular weight is 728 g/mol. The number of oxime groups is 1. The summed E-state index contributed by atoms with van der Waals surface area (Å²) in [5, 5.41) is 13.4. The highest BCUT2D eigenvalue weighted by Gasteiger charge is 2.55. The van der Waals surface area contributed by atoms with E-state index in [1.54, 1.807) is 13.2 Å². The van der Waals surface area contributed by atoms with Crippen LogP contribution in [0.3, 0.4) is 0 Å². The van der Waals surface area contributed by atoms with Crippen molar-refractivity contribution in [2.45, 2.75) is 141 Å². The molecule has 3 fully saturated rings. The fourth-order valence-corrected chi connectivity index (χ4v) is 7.94. The molecule has 3 N–H and O–H groups in total. The van der Waals surface area contributed by atoms with Crippen LogP contribution in [-0.2, 0) is 28.8 Å². The Morgan fingerprint density at radius 2 is 1.78 bits per heavy atom. The maximum absolute atomic E-state index is 14.6. The summed E-state index contributed by atoms with van der Waals surface area (Å²) in [6, 6.07) is 0.612. The highest BCUT2D eigenvalue weighted by atomic mass is 35.5. The molecule has 2 aliphatic carbocycles. The second-order valence-corrected chi connectivity index (χ2v) is 16.4. The van der Waals surface area contributed by atoms with Crippen molar-refractivity contribution in [2.24, 2.45) is 16.5 Å². The van der Waals surface area contributed by atoms with Crippen molar-refractivity contribution in [3.8, 4) is 5.75 Å². The van der Waals surface area contributed by atoms with Gasteiger partial charge in [0, 0.05) is 30.9 Å². The van der Waals surface area contributed by atoms with Gasteiger partial charge in [0.15, 0.2) is 5.60 Å². The van der Waals surface area contributed by atoms with E-state index in [1.165, 1.54) is 11.3 Å². The maximum atomic E-state index is 14.6. The third-order valence-corrected chi connectivity index (χ3v) is 10.8. The Labute approximate surface area is 306 Å². The predicted octanol–water partition coefficient (Wildman–Crippen LogP) is 4.76. The van der Waals surface area contributed by atoms with Crippen LogP contribution in [0.1, 0.15) is 116 Å². The average Bonchev–Trinajstić information content (AvgIpc) is 3.67. The summed E-state index contributed by atoms with van der Waals surface area (Å²) >= 11 is 6.51. The van der Waals surface area contributed by atoms with Gasteiger partial charge in [0.25, 0.3) is 5.91 Å². The van der Waals surface area contributed by atoms with Gasteiger partial charge in [-0.2, -0.15) is 0 Å². The molecule has 0 aromatic heterocycles. The van der Waals surface area contributed by atoms with Gasteiger partial charge in [-0.1, -0.05) is 70.1 Å². The van der Waals surface area contributed by atoms with Crippen molar-refractivity contribution in [1.29, 1.82) is 0 Å². The number of likely N-dealkylation sites (tertiary alicyclic amines) is 1. The van der Waals surface area contributed by atoms with E-state index in [-0.39, 0.29) is 43.7 Å². The number of carbonyl (C=O) groups is 5. The first kappa shape index (κ1) is 38.6. The fourth-order valence-electron chi connectivity index (χ4n) is 7.60. The summed E-state index contributed by atoms with van der Waals surface area (Å²) in [4.78, 5) is 75.8. The number of halogens is 1. The molecule has 1 aromatic rings. The highest BCUT2D eigenvalue weighted by Crippen LogP contribution is 2.41. The number of carbonyl (C=O) groups excluding carboxylic acids is 5. The van der Waals surface area contributed by atoms with Gasteiger partial charge in [-0.05, 0) is 68.1 Å². The number of amides is 4. The van der Waals surface area contributed by atoms with E-state index in [4.69, 9.17) is 21.2 Å². The molecule has 51 heavy (non-hydrogen) atoms. The van der Waals surface area contributed by atoms with Gasteiger partial charge in [0.05, 0.1) is 30.4 Å². The molecule has 5 rings (SSSR count). The van der Waals surface area contributed by atoms with Crippen LogP contribution >= 0.6 is 11.6 Å². The summed E-state index contributed by atoms with van der Waals surface area (Å²) in [5.41, 5.74) is 0.431. The quantitative estimate of drug-likeness (QED) is 0.248. The van der Waals surface area contributed by atoms with Crippen LogP contribution in [0, 0.1) is 18.3 Å². The largest absolute Gasteiger partial charge is 0.495 e. The first-order valence-electron chi connectivity index (χ1n) is 18.5. The number of rotatable bonds is 13. The molecule has 0 bridgehead atoms. The molecule has 4 aliphatic rings. The van der Waals surface area contributed by atoms with Crippen molar-refractivity contribution in [1.82, 2.24) is 20.9 Å². The van der Waals surface area contributed by atoms with E-state index >= 15 is 0 Å². The molecule has 2 heterocycles. The lowest BCUT2D eigenvalue weighted by molar-refractivity contribution is -0.145. The molecule has 4 amide bonds. The Morgan fingerprint density at radius 1 is 1.08 bits per heavy atom. The minimum absolute atomic E-state index is 0.0111. The number of nitrogens with one attached hydrogen (secondary N) is 3. The summed E-state index contributed by atoms with van der Waals surface area (Å²) in [6.07, 6.45) is 8.55. The number of ketones is 1. The van der Waals surface area contributed by atoms with E-state index in [0.29, 0.717) is 29.3 Å². The zero-order chi connectivity index (χ0) is 37.1. The van der Waals surface area contributed by atoms with Gasteiger partial charge in [-0.25, -0.2) is 0 Å². The molecule has 0 radical (unpaired) electrons. The van der Waals surface area contributed by atoms with Gasteiger partial charge in [-0.15, -0.1) is 0 Å². The number of ether oxygens (including phenoxy) is 1. The Kier molecular flexibility index (Phi) is 12.0. The standard InChI is InChI=1S/C38H54ClN5O7/c1-7-11-27(31(46)35(48)40-25-14-15-25)41-34(47)29-20-38(19-28(43-51-38)24-16-22(2)32(50-6)26(39)18-24)21-44(29)36(49)33(37(3,4)5)42-30(45)17-23-12-9-8-10-13-23/h16,18,23,25,27,29,33H,7-15,17,19-21H2,1-6H3,(H,40,48)(H,41,47)(H,42,45)/t27-,29-,33+,38-/m0/s1. The monoisotopic (exact) mass is 727 g/mol. The summed E-state index contributed by atoms with van der Waals surface area (Å²) in [7, 11) is 1.55. The van der Waals surface area contributed by atoms with Crippen molar-refractivity contribution < 1.29 is 33.5 Å². The minimum Gasteiger partial charge on any atom is -0.495 e. The van der Waals surface area contributed by atoms with Crippen molar-refractivity contribution in [3.05, 3.63) is 28.3 Å². The normalized spacial score (nSPS) is 23.2. The first-order valence-corrected chi connectivity index (χ1v) is 18.9. The Morgan fingerprint density at radius 3 is 2.39 bits per heavy atom. The smallest absolute Gasteiger partial charge is 0.289 e. The number of aryl methyl sites for hydroxylation is 1. The van der Waals surface area contributed by atoms with E-state index < -0.39 is 52.6 Å². The van der Waals surface area contributed by atoms with Gasteiger partial charge < -0.3 is 30.4 Å². The molecule has 280 valence electrons. The Balaban J connectivity index is 1.40. The number of benzene rings is 1. The molecule has 2 aliphatic heterocycles. The summed E-state index contributed by atoms with van der Waals surface area (Å²) < 4.78 is 5.42. The lowest BCUT2D eigenvalue weighted by Gasteiger charge is -2.36. The molecule has 2 saturated carbocycles. The number of hydrogen-bond donors (Lipinski definition) is 3. The lowest BCUT2D eigenvalue weighted by atomic mass is 9.84. The van der Waals surface area contributed by atoms with E-state index in [1.807, 2.05) is 40.7 Å². The zero-order valence-electron chi connectivity index (χ0n) is 30.9. The minimum atomic E-state index is -1.05. The summed E-state index contributed by atoms with van der Waals surface area (Å²) in [6.45, 7) is 9.43. The van der Waals surface area contributed by atoms with Crippen LogP contribution in [0.15, 0.2) is 17.3 Å². The molecular formula is C38H54ClN5O7. The molecule has 4 atom stereocenters. The third kappa shape index (κ3) is 9.23. The predicted molar refractivity (Wildman–Crippen MR) is 193 cm³/mol. The molecular weight excluding hydrogens is 674 g/mol. The number of nitrogens with zero attached hydrogens (tertiary/aromatic N) is 2. The van der Waals surface area contributed by atoms with Gasteiger partial charge >= 0.3 is 0 Å². The van der Waals surface area contributed by atoms with Crippen molar-refractivity contribution >= 4 is 46.7 Å². The van der Waals surface area contributed by atoms with E-state index in [0.717, 1.165) is 49.7 Å². The molecule has 13 heteroatoms. The summed E-state index contributed by atoms with van der Waals surface area (Å²) in [5.74, 6) is -1.74. The van der Waals surface area contributed by atoms with Gasteiger partial charge in [0.1, 0.15) is 17.8 Å². The molecule has 1 spiro atoms. The highest BCUT2D eigenvalue weighted by molar-refractivity contribution is 6.38. The van der Waals surface area contributed by atoms with Gasteiger partial charge in [0.2, 0.25) is 23.5 Å². The first-order chi connectivity index (χ1) is 24.1. The second kappa shape index (κ2) is 15.9. The Hall–Kier alpha value is -3.67. The Bertz CT molecular complexity index is 1520. The SMILES string of the molecule is CCC[C@H](NC(=O)[C@@H]1C[C@@]2(CC(c3cc(C)c(OC)c(Cl)c3)=NO2)CN1C(=O)[C@@H](NC(=O)CC1CCCCC1)C(C)(C)C)C(=O)C(=O)NC1CC1. The topological polar surface area (TPSA) is 156 Å². The fraction of sp³-hybridized carbons (Fsp3) is 0.684. The van der Waals surface area contributed by atoms with Crippen LogP contribution in [0.4, 0.5) is 0 Å². The van der Waals surface area contributed by atoms with Crippen molar-refractivity contribution in [3.63, 3.8) is 0 Å². The number of hydrogen-bond acceptors (Lipinski definition) is 8. The molecule has 1 saturated heterocycles. The van der Waals surface area contributed by atoms with E-state index in [2.05, 4.69) is 21.1 Å². The third-order valence-electron chi connectivity index (χ3n) is 10.6. The maximum Gasteiger partial charge on any atom is 0.289 e. The molecule has 0 unspecified atom stereocenters. The van der Waals surface area contributed by atoms with Crippen LogP contribution in [-0.4, -0.2) is 83.4 Å². The number of Topliss-reactive ketones (excluding diaryl/α,β-unsaturated/α-hetero) is 1. The van der Waals surface area contributed by atoms with Crippen molar-refractivity contribution in [2.75, 3.05) is 13.7 Å². The molecule has 12 nitrogen and oxygen atoms in total.